The topological polar surface area (TPSA) is 60.1 Å². The number of halogens is 1. The molecule has 0 aliphatic heterocycles. The fourth-order valence-corrected chi connectivity index (χ4v) is 2.94. The molecule has 7 heteroatoms. The molecule has 0 radical (unpaired) electrons. The predicted octanol–water partition coefficient (Wildman–Crippen LogP) is 3.21. The molecule has 0 saturated heterocycles. The molecule has 21 heavy (non-hydrogen) atoms. The predicted molar refractivity (Wildman–Crippen MR) is 80.7 cm³/mol. The molecule has 0 unspecified atom stereocenters. The number of nitrogens with zero attached hydrogens (tertiary/aromatic N) is 2. The number of furan rings is 1. The van der Waals surface area contributed by atoms with Crippen LogP contribution in [-0.4, -0.2) is 22.2 Å². The van der Waals surface area contributed by atoms with Gasteiger partial charge in [0.05, 0.1) is 15.5 Å². The van der Waals surface area contributed by atoms with Crippen LogP contribution in [0, 0.1) is 0 Å². The summed E-state index contributed by atoms with van der Waals surface area (Å²) in [6.45, 7) is 0.379. The van der Waals surface area contributed by atoms with Crippen molar-refractivity contribution in [2.45, 2.75) is 6.04 Å². The Balaban J connectivity index is 1.72. The third-order valence-electron chi connectivity index (χ3n) is 2.97. The summed E-state index contributed by atoms with van der Waals surface area (Å²) in [5.41, 5.74) is 0. The number of thiophene rings is 1. The molecule has 0 saturated carbocycles. The molecule has 5 nitrogen and oxygen atoms in total. The van der Waals surface area contributed by atoms with E-state index >= 15 is 0 Å². The Morgan fingerprint density at radius 3 is 2.95 bits per heavy atom. The standard InChI is InChI=1S/C14H12ClN3O2S/c15-13-5-4-12(21-13)14(19)16-9-10(11-3-1-8-20-11)18-7-2-6-17-18/h1-8,10H,9H2,(H,16,19)/t10-/m1/s1. The Morgan fingerprint density at radius 1 is 1.43 bits per heavy atom. The van der Waals surface area contributed by atoms with E-state index in [0.29, 0.717) is 15.8 Å². The second-order valence-corrected chi connectivity index (χ2v) is 6.05. The van der Waals surface area contributed by atoms with Crippen LogP contribution in [0.1, 0.15) is 21.5 Å². The van der Waals surface area contributed by atoms with Gasteiger partial charge in [-0.1, -0.05) is 11.6 Å². The van der Waals surface area contributed by atoms with Gasteiger partial charge in [0, 0.05) is 18.9 Å². The van der Waals surface area contributed by atoms with Crippen LogP contribution in [0.25, 0.3) is 0 Å². The van der Waals surface area contributed by atoms with Crippen molar-refractivity contribution in [1.29, 1.82) is 0 Å². The highest BCUT2D eigenvalue weighted by molar-refractivity contribution is 7.17. The third kappa shape index (κ3) is 3.17. The molecule has 1 N–H and O–H groups in total. The molecule has 0 spiro atoms. The lowest BCUT2D eigenvalue weighted by Gasteiger charge is -2.15. The fraction of sp³-hybridized carbons (Fsp3) is 0.143. The van der Waals surface area contributed by atoms with Crippen LogP contribution in [-0.2, 0) is 0 Å². The molecular weight excluding hydrogens is 310 g/mol. The van der Waals surface area contributed by atoms with Crippen LogP contribution in [0.4, 0.5) is 0 Å². The van der Waals surface area contributed by atoms with E-state index in [1.54, 1.807) is 29.3 Å². The van der Waals surface area contributed by atoms with Gasteiger partial charge in [-0.2, -0.15) is 5.10 Å². The molecule has 0 aliphatic rings. The summed E-state index contributed by atoms with van der Waals surface area (Å²) in [5.74, 6) is 0.582. The molecule has 0 aromatic carbocycles. The van der Waals surface area contributed by atoms with Crippen molar-refractivity contribution < 1.29 is 9.21 Å². The van der Waals surface area contributed by atoms with Gasteiger partial charge in [0.25, 0.3) is 5.91 Å². The van der Waals surface area contributed by atoms with Crippen LogP contribution in [0.2, 0.25) is 4.34 Å². The van der Waals surface area contributed by atoms with Crippen molar-refractivity contribution in [3.05, 3.63) is 64.0 Å². The first-order valence-corrected chi connectivity index (χ1v) is 7.49. The molecule has 1 atom stereocenters. The van der Waals surface area contributed by atoms with Crippen molar-refractivity contribution in [2.75, 3.05) is 6.54 Å². The molecule has 3 rings (SSSR count). The van der Waals surface area contributed by atoms with E-state index in [1.807, 2.05) is 24.4 Å². The normalized spacial score (nSPS) is 12.2. The summed E-state index contributed by atoms with van der Waals surface area (Å²) in [5, 5.41) is 7.10. The first kappa shape index (κ1) is 13.9. The maximum Gasteiger partial charge on any atom is 0.261 e. The Morgan fingerprint density at radius 2 is 2.33 bits per heavy atom. The summed E-state index contributed by atoms with van der Waals surface area (Å²) in [6.07, 6.45) is 5.13. The van der Waals surface area contributed by atoms with E-state index in [0.717, 1.165) is 5.76 Å². The number of carbonyl (C=O) groups is 1. The minimum Gasteiger partial charge on any atom is -0.467 e. The van der Waals surface area contributed by atoms with Crippen molar-refractivity contribution in [3.8, 4) is 0 Å². The molecule has 0 fully saturated rings. The van der Waals surface area contributed by atoms with E-state index in [4.69, 9.17) is 16.0 Å². The lowest BCUT2D eigenvalue weighted by Crippen LogP contribution is -2.31. The van der Waals surface area contributed by atoms with Gasteiger partial charge in [0.15, 0.2) is 0 Å². The van der Waals surface area contributed by atoms with Gasteiger partial charge in [-0.15, -0.1) is 11.3 Å². The van der Waals surface area contributed by atoms with Gasteiger partial charge in [-0.05, 0) is 30.3 Å². The molecule has 108 valence electrons. The highest BCUT2D eigenvalue weighted by atomic mass is 35.5. The monoisotopic (exact) mass is 321 g/mol. The zero-order valence-corrected chi connectivity index (χ0v) is 12.5. The Hall–Kier alpha value is -2.05. The number of nitrogens with one attached hydrogen (secondary N) is 1. The highest BCUT2D eigenvalue weighted by Crippen LogP contribution is 2.22. The first-order chi connectivity index (χ1) is 10.2. The molecule has 3 heterocycles. The maximum atomic E-state index is 12.1. The van der Waals surface area contributed by atoms with Crippen LogP contribution in [0.5, 0.6) is 0 Å². The van der Waals surface area contributed by atoms with Gasteiger partial charge < -0.3 is 9.73 Å². The van der Waals surface area contributed by atoms with E-state index < -0.39 is 0 Å². The SMILES string of the molecule is O=C(NC[C@H](c1ccco1)n1cccn1)c1ccc(Cl)s1. The van der Waals surface area contributed by atoms with Crippen molar-refractivity contribution in [2.24, 2.45) is 0 Å². The number of aromatic nitrogens is 2. The number of hydrogen-bond acceptors (Lipinski definition) is 4. The fourth-order valence-electron chi connectivity index (χ4n) is 1.98. The van der Waals surface area contributed by atoms with Gasteiger partial charge in [0.2, 0.25) is 0 Å². The number of hydrogen-bond donors (Lipinski definition) is 1. The van der Waals surface area contributed by atoms with Crippen molar-refractivity contribution >= 4 is 28.8 Å². The minimum atomic E-state index is -0.186. The summed E-state index contributed by atoms with van der Waals surface area (Å²) < 4.78 is 7.77. The lowest BCUT2D eigenvalue weighted by molar-refractivity contribution is 0.0952. The first-order valence-electron chi connectivity index (χ1n) is 6.30. The van der Waals surface area contributed by atoms with E-state index in [2.05, 4.69) is 10.4 Å². The molecule has 0 bridgehead atoms. The Labute approximate surface area is 130 Å². The van der Waals surface area contributed by atoms with Crippen LogP contribution in [0.15, 0.2) is 53.4 Å². The average molecular weight is 322 g/mol. The van der Waals surface area contributed by atoms with Gasteiger partial charge in [0.1, 0.15) is 11.8 Å². The zero-order valence-electron chi connectivity index (χ0n) is 10.9. The van der Waals surface area contributed by atoms with Crippen LogP contribution >= 0.6 is 22.9 Å². The Bertz CT molecular complexity index is 672. The van der Waals surface area contributed by atoms with Crippen LogP contribution < -0.4 is 5.32 Å². The molecule has 1 amide bonds. The second kappa shape index (κ2) is 6.15. The zero-order chi connectivity index (χ0) is 14.7. The number of amides is 1. The highest BCUT2D eigenvalue weighted by Gasteiger charge is 2.18. The van der Waals surface area contributed by atoms with E-state index in [-0.39, 0.29) is 11.9 Å². The second-order valence-electron chi connectivity index (χ2n) is 4.33. The Kier molecular flexibility index (Phi) is 4.08. The number of carbonyl (C=O) groups excluding carboxylic acids is 1. The average Bonchev–Trinajstić information content (AvgIpc) is 3.21. The van der Waals surface area contributed by atoms with Crippen molar-refractivity contribution in [3.63, 3.8) is 0 Å². The molecular formula is C14H12ClN3O2S. The summed E-state index contributed by atoms with van der Waals surface area (Å²) >= 11 is 7.09. The van der Waals surface area contributed by atoms with E-state index in [1.165, 1.54) is 11.3 Å². The lowest BCUT2D eigenvalue weighted by atomic mass is 10.2. The number of rotatable bonds is 5. The largest absolute Gasteiger partial charge is 0.467 e. The summed E-state index contributed by atoms with van der Waals surface area (Å²) in [4.78, 5) is 12.7. The third-order valence-corrected chi connectivity index (χ3v) is 4.20. The minimum absolute atomic E-state index is 0.157. The van der Waals surface area contributed by atoms with Crippen molar-refractivity contribution in [1.82, 2.24) is 15.1 Å². The molecule has 0 aliphatic carbocycles. The van der Waals surface area contributed by atoms with E-state index in [9.17, 15) is 4.79 Å². The maximum absolute atomic E-state index is 12.1. The summed E-state index contributed by atoms with van der Waals surface area (Å²) in [6, 6.07) is 8.73. The smallest absolute Gasteiger partial charge is 0.261 e. The molecule has 3 aromatic rings. The quantitative estimate of drug-likeness (QED) is 0.785. The van der Waals surface area contributed by atoms with Gasteiger partial charge >= 0.3 is 0 Å². The molecule has 3 aromatic heterocycles. The van der Waals surface area contributed by atoms with Crippen LogP contribution in [0.3, 0.4) is 0 Å². The van der Waals surface area contributed by atoms with Gasteiger partial charge in [-0.25, -0.2) is 0 Å². The summed E-state index contributed by atoms with van der Waals surface area (Å²) in [7, 11) is 0. The van der Waals surface area contributed by atoms with Gasteiger partial charge in [-0.3, -0.25) is 9.48 Å².